The van der Waals surface area contributed by atoms with Gasteiger partial charge in [0, 0.05) is 17.1 Å². The largest absolute Gasteiger partial charge is 0.478 e. The van der Waals surface area contributed by atoms with Gasteiger partial charge in [-0.05, 0) is 29.6 Å². The highest BCUT2D eigenvalue weighted by molar-refractivity contribution is 7.09. The predicted octanol–water partition coefficient (Wildman–Crippen LogP) is 2.64. The molecule has 2 aromatic rings. The summed E-state index contributed by atoms with van der Waals surface area (Å²) in [5.74, 6) is -0.960. The molecule has 1 heterocycles. The normalized spacial score (nSPS) is 10.1. The fraction of sp³-hybridized carbons (Fsp3) is 0.0833. The molecule has 0 saturated heterocycles. The number of thiophene rings is 1. The van der Waals surface area contributed by atoms with Gasteiger partial charge < -0.3 is 16.2 Å². The lowest BCUT2D eigenvalue weighted by atomic mass is 10.1. The zero-order chi connectivity index (χ0) is 12.3. The number of rotatable bonds is 4. The van der Waals surface area contributed by atoms with E-state index in [9.17, 15) is 4.79 Å². The van der Waals surface area contributed by atoms with E-state index in [0.29, 0.717) is 17.9 Å². The Morgan fingerprint density at radius 3 is 2.88 bits per heavy atom. The van der Waals surface area contributed by atoms with E-state index in [1.807, 2.05) is 17.5 Å². The van der Waals surface area contributed by atoms with Gasteiger partial charge in [-0.25, -0.2) is 4.79 Å². The first kappa shape index (κ1) is 11.5. The van der Waals surface area contributed by atoms with Crippen molar-refractivity contribution in [2.24, 2.45) is 0 Å². The summed E-state index contributed by atoms with van der Waals surface area (Å²) in [5.41, 5.74) is 6.97. The van der Waals surface area contributed by atoms with Gasteiger partial charge in [0.2, 0.25) is 0 Å². The predicted molar refractivity (Wildman–Crippen MR) is 69.5 cm³/mol. The highest BCUT2D eigenvalue weighted by Gasteiger charge is 2.09. The van der Waals surface area contributed by atoms with Crippen LogP contribution in [0.5, 0.6) is 0 Å². The first-order chi connectivity index (χ1) is 8.16. The van der Waals surface area contributed by atoms with Gasteiger partial charge in [-0.3, -0.25) is 0 Å². The van der Waals surface area contributed by atoms with Crippen LogP contribution in [0.25, 0.3) is 0 Å². The minimum atomic E-state index is -0.960. The van der Waals surface area contributed by atoms with Gasteiger partial charge in [0.1, 0.15) is 0 Å². The first-order valence-corrected chi connectivity index (χ1v) is 5.94. The maximum absolute atomic E-state index is 11.0. The van der Waals surface area contributed by atoms with Crippen LogP contribution < -0.4 is 11.1 Å². The quantitative estimate of drug-likeness (QED) is 0.727. The van der Waals surface area contributed by atoms with Crippen molar-refractivity contribution in [3.63, 3.8) is 0 Å². The fourth-order valence-corrected chi connectivity index (χ4v) is 2.13. The summed E-state index contributed by atoms with van der Waals surface area (Å²) >= 11 is 1.62. The number of benzene rings is 1. The first-order valence-electron chi connectivity index (χ1n) is 5.06. The Morgan fingerprint density at radius 1 is 1.41 bits per heavy atom. The van der Waals surface area contributed by atoms with Crippen LogP contribution in [0.3, 0.4) is 0 Å². The number of carboxylic acids is 1. The van der Waals surface area contributed by atoms with E-state index in [-0.39, 0.29) is 5.56 Å². The topological polar surface area (TPSA) is 75.4 Å². The lowest BCUT2D eigenvalue weighted by molar-refractivity contribution is 0.0698. The third kappa shape index (κ3) is 2.76. The summed E-state index contributed by atoms with van der Waals surface area (Å²) in [6.45, 7) is 0.599. The van der Waals surface area contributed by atoms with Gasteiger partial charge in [-0.2, -0.15) is 0 Å². The molecule has 4 nitrogen and oxygen atoms in total. The number of nitrogens with two attached hydrogens (primary N) is 1. The molecule has 88 valence electrons. The molecule has 0 fully saturated rings. The number of carboxylic acid groups (broad SMARTS) is 1. The molecule has 0 aliphatic rings. The van der Waals surface area contributed by atoms with E-state index in [4.69, 9.17) is 10.8 Å². The lowest BCUT2D eigenvalue weighted by Gasteiger charge is -2.09. The molecule has 1 aromatic heterocycles. The third-order valence-corrected chi connectivity index (χ3v) is 3.18. The van der Waals surface area contributed by atoms with Gasteiger partial charge in [-0.1, -0.05) is 6.07 Å². The fourth-order valence-electron chi connectivity index (χ4n) is 1.49. The van der Waals surface area contributed by atoms with Gasteiger partial charge in [0.05, 0.1) is 11.3 Å². The number of carbonyl (C=O) groups is 1. The van der Waals surface area contributed by atoms with Crippen LogP contribution >= 0.6 is 11.3 Å². The van der Waals surface area contributed by atoms with Crippen LogP contribution in [0.2, 0.25) is 0 Å². The molecule has 17 heavy (non-hydrogen) atoms. The maximum atomic E-state index is 11.0. The SMILES string of the molecule is Nc1ccc(C(=O)O)c(NCc2cccs2)c1. The number of hydrogen-bond donors (Lipinski definition) is 3. The Balaban J connectivity index is 2.19. The zero-order valence-corrected chi connectivity index (χ0v) is 9.83. The van der Waals surface area contributed by atoms with Crippen molar-refractivity contribution in [1.82, 2.24) is 0 Å². The molecule has 2 rings (SSSR count). The van der Waals surface area contributed by atoms with Gasteiger partial charge in [0.25, 0.3) is 0 Å². The molecule has 0 amide bonds. The molecule has 0 radical (unpaired) electrons. The zero-order valence-electron chi connectivity index (χ0n) is 9.01. The van der Waals surface area contributed by atoms with Crippen molar-refractivity contribution in [2.45, 2.75) is 6.54 Å². The van der Waals surface area contributed by atoms with Crippen LogP contribution in [-0.4, -0.2) is 11.1 Å². The maximum Gasteiger partial charge on any atom is 0.337 e. The van der Waals surface area contributed by atoms with Crippen molar-refractivity contribution >= 4 is 28.7 Å². The van der Waals surface area contributed by atoms with Crippen LogP contribution in [0.4, 0.5) is 11.4 Å². The summed E-state index contributed by atoms with van der Waals surface area (Å²) in [5, 5.41) is 14.1. The van der Waals surface area contributed by atoms with Gasteiger partial charge in [-0.15, -0.1) is 11.3 Å². The summed E-state index contributed by atoms with van der Waals surface area (Å²) in [6.07, 6.45) is 0. The Hall–Kier alpha value is -2.01. The molecule has 0 atom stereocenters. The molecular formula is C12H12N2O2S. The molecule has 1 aromatic carbocycles. The van der Waals surface area contributed by atoms with Crippen molar-refractivity contribution in [1.29, 1.82) is 0 Å². The standard InChI is InChI=1S/C12H12N2O2S/c13-8-3-4-10(12(15)16)11(6-8)14-7-9-2-1-5-17-9/h1-6,14H,7,13H2,(H,15,16). The van der Waals surface area contributed by atoms with E-state index >= 15 is 0 Å². The van der Waals surface area contributed by atoms with E-state index in [0.717, 1.165) is 4.88 Å². The molecule has 0 aliphatic carbocycles. The number of aromatic carboxylic acids is 1. The summed E-state index contributed by atoms with van der Waals surface area (Å²) in [7, 11) is 0. The summed E-state index contributed by atoms with van der Waals surface area (Å²) < 4.78 is 0. The molecule has 0 aliphatic heterocycles. The lowest BCUT2D eigenvalue weighted by Crippen LogP contribution is -2.06. The monoisotopic (exact) mass is 248 g/mol. The Labute approximate surface area is 103 Å². The Kier molecular flexibility index (Phi) is 3.30. The second-order valence-electron chi connectivity index (χ2n) is 3.54. The average Bonchev–Trinajstić information content (AvgIpc) is 2.78. The van der Waals surface area contributed by atoms with Crippen molar-refractivity contribution < 1.29 is 9.90 Å². The highest BCUT2D eigenvalue weighted by atomic mass is 32.1. The smallest absolute Gasteiger partial charge is 0.337 e. The second kappa shape index (κ2) is 4.88. The molecular weight excluding hydrogens is 236 g/mol. The molecule has 0 bridgehead atoms. The minimum absolute atomic E-state index is 0.232. The highest BCUT2D eigenvalue weighted by Crippen LogP contribution is 2.21. The molecule has 0 unspecified atom stereocenters. The summed E-state index contributed by atoms with van der Waals surface area (Å²) in [6, 6.07) is 8.68. The van der Waals surface area contributed by atoms with Gasteiger partial charge in [0.15, 0.2) is 0 Å². The van der Waals surface area contributed by atoms with E-state index < -0.39 is 5.97 Å². The number of nitrogens with one attached hydrogen (secondary N) is 1. The van der Waals surface area contributed by atoms with E-state index in [1.54, 1.807) is 23.5 Å². The van der Waals surface area contributed by atoms with Crippen LogP contribution in [0, 0.1) is 0 Å². The van der Waals surface area contributed by atoms with Crippen LogP contribution in [-0.2, 0) is 6.54 Å². The van der Waals surface area contributed by atoms with Crippen molar-refractivity contribution in [3.05, 3.63) is 46.2 Å². The Morgan fingerprint density at radius 2 is 2.24 bits per heavy atom. The number of anilines is 2. The van der Waals surface area contributed by atoms with E-state index in [1.165, 1.54) is 6.07 Å². The van der Waals surface area contributed by atoms with E-state index in [2.05, 4.69) is 5.32 Å². The molecule has 5 heteroatoms. The Bertz CT molecular complexity index is 523. The van der Waals surface area contributed by atoms with Crippen molar-refractivity contribution in [3.8, 4) is 0 Å². The minimum Gasteiger partial charge on any atom is -0.478 e. The van der Waals surface area contributed by atoms with Crippen molar-refractivity contribution in [2.75, 3.05) is 11.1 Å². The van der Waals surface area contributed by atoms with Crippen LogP contribution in [0.1, 0.15) is 15.2 Å². The van der Waals surface area contributed by atoms with Crippen LogP contribution in [0.15, 0.2) is 35.7 Å². The molecule has 4 N–H and O–H groups in total. The summed E-state index contributed by atoms with van der Waals surface area (Å²) in [4.78, 5) is 12.2. The molecule has 0 saturated carbocycles. The second-order valence-corrected chi connectivity index (χ2v) is 4.58. The van der Waals surface area contributed by atoms with Gasteiger partial charge >= 0.3 is 5.97 Å². The average molecular weight is 248 g/mol. The third-order valence-electron chi connectivity index (χ3n) is 2.31. The number of nitrogen functional groups attached to an aromatic ring is 1. The molecule has 0 spiro atoms. The number of hydrogen-bond acceptors (Lipinski definition) is 4.